The molecule has 0 amide bonds. The van der Waals surface area contributed by atoms with E-state index in [1.54, 1.807) is 0 Å². The molecule has 1 aromatic carbocycles. The van der Waals surface area contributed by atoms with Crippen LogP contribution >= 0.6 is 0 Å². The number of hydrogen-bond acceptors (Lipinski definition) is 5. The lowest BCUT2D eigenvalue weighted by molar-refractivity contribution is -0.384. The summed E-state index contributed by atoms with van der Waals surface area (Å²) < 4.78 is 0. The van der Waals surface area contributed by atoms with Gasteiger partial charge in [0, 0.05) is 12.6 Å². The standard InChI is InChI=1S/C13H16N4O2/c14-8-11-1-2-13(17(18)19)12(7-11)16-6-4-10-3-5-15-9-10/h1-2,7,10,15-16H,3-6,9H2. The molecule has 1 aliphatic heterocycles. The van der Waals surface area contributed by atoms with Crippen LogP contribution in [0.2, 0.25) is 0 Å². The van der Waals surface area contributed by atoms with Crippen molar-refractivity contribution in [3.05, 3.63) is 33.9 Å². The van der Waals surface area contributed by atoms with E-state index in [2.05, 4.69) is 10.6 Å². The fourth-order valence-electron chi connectivity index (χ4n) is 2.28. The van der Waals surface area contributed by atoms with Crippen molar-refractivity contribution in [2.24, 2.45) is 5.92 Å². The van der Waals surface area contributed by atoms with Crippen LogP contribution in [0.25, 0.3) is 0 Å². The Hall–Kier alpha value is -2.13. The Morgan fingerprint density at radius 1 is 1.58 bits per heavy atom. The van der Waals surface area contributed by atoms with E-state index in [0.29, 0.717) is 23.7 Å². The average Bonchev–Trinajstić information content (AvgIpc) is 2.91. The topological polar surface area (TPSA) is 91.0 Å². The SMILES string of the molecule is N#Cc1ccc([N+](=O)[O-])c(NCCC2CCNC2)c1. The average molecular weight is 260 g/mol. The van der Waals surface area contributed by atoms with Crippen LogP contribution in [0, 0.1) is 27.4 Å². The van der Waals surface area contributed by atoms with Crippen molar-refractivity contribution in [1.82, 2.24) is 5.32 Å². The van der Waals surface area contributed by atoms with Gasteiger partial charge in [-0.2, -0.15) is 5.26 Å². The third kappa shape index (κ3) is 3.42. The van der Waals surface area contributed by atoms with Gasteiger partial charge in [-0.25, -0.2) is 0 Å². The van der Waals surface area contributed by atoms with Crippen molar-refractivity contribution in [3.63, 3.8) is 0 Å². The first-order valence-corrected chi connectivity index (χ1v) is 6.34. The van der Waals surface area contributed by atoms with E-state index < -0.39 is 4.92 Å². The Bertz CT molecular complexity index is 504. The van der Waals surface area contributed by atoms with Gasteiger partial charge >= 0.3 is 0 Å². The van der Waals surface area contributed by atoms with Crippen LogP contribution in [0.3, 0.4) is 0 Å². The van der Waals surface area contributed by atoms with Gasteiger partial charge in [0.15, 0.2) is 0 Å². The second kappa shape index (κ2) is 6.16. The van der Waals surface area contributed by atoms with Crippen molar-refractivity contribution < 1.29 is 4.92 Å². The Morgan fingerprint density at radius 3 is 3.05 bits per heavy atom. The summed E-state index contributed by atoms with van der Waals surface area (Å²) in [6, 6.07) is 6.36. The maximum absolute atomic E-state index is 10.9. The smallest absolute Gasteiger partial charge is 0.292 e. The molecule has 0 bridgehead atoms. The lowest BCUT2D eigenvalue weighted by Gasteiger charge is -2.10. The molecule has 2 rings (SSSR count). The number of nitrogens with zero attached hydrogens (tertiary/aromatic N) is 2. The molecular formula is C13H16N4O2. The summed E-state index contributed by atoms with van der Waals surface area (Å²) in [6.07, 6.45) is 2.13. The van der Waals surface area contributed by atoms with Crippen LogP contribution in [-0.4, -0.2) is 24.6 Å². The number of nitrogens with one attached hydrogen (secondary N) is 2. The summed E-state index contributed by atoms with van der Waals surface area (Å²) in [6.45, 7) is 2.75. The van der Waals surface area contributed by atoms with Gasteiger partial charge in [-0.1, -0.05) is 0 Å². The third-order valence-electron chi connectivity index (χ3n) is 3.35. The number of nitro benzene ring substituents is 1. The predicted octanol–water partition coefficient (Wildman–Crippen LogP) is 1.88. The molecule has 0 aliphatic carbocycles. The number of nitriles is 1. The molecule has 2 N–H and O–H groups in total. The quantitative estimate of drug-likeness (QED) is 0.623. The Balaban J connectivity index is 2.00. The van der Waals surface area contributed by atoms with Crippen LogP contribution in [0.5, 0.6) is 0 Å². The number of benzene rings is 1. The zero-order chi connectivity index (χ0) is 13.7. The largest absolute Gasteiger partial charge is 0.379 e. The first-order chi connectivity index (χ1) is 9.20. The zero-order valence-electron chi connectivity index (χ0n) is 10.6. The Labute approximate surface area is 111 Å². The summed E-state index contributed by atoms with van der Waals surface area (Å²) >= 11 is 0. The molecule has 1 heterocycles. The van der Waals surface area contributed by atoms with Crippen molar-refractivity contribution in [1.29, 1.82) is 5.26 Å². The molecule has 0 radical (unpaired) electrons. The van der Waals surface area contributed by atoms with Gasteiger partial charge in [0.1, 0.15) is 5.69 Å². The minimum atomic E-state index is -0.430. The van der Waals surface area contributed by atoms with E-state index >= 15 is 0 Å². The van der Waals surface area contributed by atoms with E-state index in [1.807, 2.05) is 6.07 Å². The molecule has 6 nitrogen and oxygen atoms in total. The summed E-state index contributed by atoms with van der Waals surface area (Å²) in [5.41, 5.74) is 0.870. The van der Waals surface area contributed by atoms with Crippen LogP contribution in [-0.2, 0) is 0 Å². The Kier molecular flexibility index (Phi) is 4.31. The third-order valence-corrected chi connectivity index (χ3v) is 3.35. The van der Waals surface area contributed by atoms with Crippen molar-refractivity contribution in [2.45, 2.75) is 12.8 Å². The highest BCUT2D eigenvalue weighted by Crippen LogP contribution is 2.25. The molecule has 1 aliphatic rings. The summed E-state index contributed by atoms with van der Waals surface area (Å²) in [7, 11) is 0. The normalized spacial score (nSPS) is 17.9. The molecule has 1 unspecified atom stereocenters. The highest BCUT2D eigenvalue weighted by Gasteiger charge is 2.16. The maximum Gasteiger partial charge on any atom is 0.292 e. The van der Waals surface area contributed by atoms with Crippen LogP contribution in [0.15, 0.2) is 18.2 Å². The summed E-state index contributed by atoms with van der Waals surface area (Å²) in [5, 5.41) is 26.1. The molecule has 6 heteroatoms. The highest BCUT2D eigenvalue weighted by molar-refractivity contribution is 5.64. The predicted molar refractivity (Wildman–Crippen MR) is 71.9 cm³/mol. The van der Waals surface area contributed by atoms with E-state index in [1.165, 1.54) is 18.2 Å². The number of hydrogen-bond donors (Lipinski definition) is 2. The second-order valence-electron chi connectivity index (χ2n) is 4.68. The molecular weight excluding hydrogens is 244 g/mol. The number of nitro groups is 1. The van der Waals surface area contributed by atoms with Gasteiger partial charge in [-0.15, -0.1) is 0 Å². The van der Waals surface area contributed by atoms with Crippen LogP contribution < -0.4 is 10.6 Å². The second-order valence-corrected chi connectivity index (χ2v) is 4.68. The fourth-order valence-corrected chi connectivity index (χ4v) is 2.28. The van der Waals surface area contributed by atoms with E-state index in [9.17, 15) is 10.1 Å². The van der Waals surface area contributed by atoms with E-state index in [-0.39, 0.29) is 5.69 Å². The van der Waals surface area contributed by atoms with Gasteiger partial charge in [0.05, 0.1) is 16.6 Å². The van der Waals surface area contributed by atoms with Crippen LogP contribution in [0.1, 0.15) is 18.4 Å². The van der Waals surface area contributed by atoms with Gasteiger partial charge in [0.2, 0.25) is 0 Å². The van der Waals surface area contributed by atoms with E-state index in [4.69, 9.17) is 5.26 Å². The zero-order valence-corrected chi connectivity index (χ0v) is 10.6. The monoisotopic (exact) mass is 260 g/mol. The molecule has 1 aromatic rings. The van der Waals surface area contributed by atoms with E-state index in [0.717, 1.165) is 25.9 Å². The molecule has 100 valence electrons. The van der Waals surface area contributed by atoms with Crippen molar-refractivity contribution in [3.8, 4) is 6.07 Å². The van der Waals surface area contributed by atoms with Crippen molar-refractivity contribution >= 4 is 11.4 Å². The van der Waals surface area contributed by atoms with Gasteiger partial charge < -0.3 is 10.6 Å². The first kappa shape index (κ1) is 13.3. The number of rotatable bonds is 5. The fraction of sp³-hybridized carbons (Fsp3) is 0.462. The molecule has 19 heavy (non-hydrogen) atoms. The molecule has 1 saturated heterocycles. The van der Waals surface area contributed by atoms with Gasteiger partial charge in [0.25, 0.3) is 5.69 Å². The minimum absolute atomic E-state index is 0.0172. The highest BCUT2D eigenvalue weighted by atomic mass is 16.6. The minimum Gasteiger partial charge on any atom is -0.379 e. The first-order valence-electron chi connectivity index (χ1n) is 6.34. The summed E-state index contributed by atoms with van der Waals surface area (Å²) in [5.74, 6) is 0.630. The summed E-state index contributed by atoms with van der Waals surface area (Å²) in [4.78, 5) is 10.5. The van der Waals surface area contributed by atoms with Gasteiger partial charge in [-0.3, -0.25) is 10.1 Å². The molecule has 1 fully saturated rings. The molecule has 1 atom stereocenters. The number of anilines is 1. The lowest BCUT2D eigenvalue weighted by atomic mass is 10.1. The molecule has 0 spiro atoms. The maximum atomic E-state index is 10.9. The lowest BCUT2D eigenvalue weighted by Crippen LogP contribution is -2.13. The molecule has 0 saturated carbocycles. The van der Waals surface area contributed by atoms with Crippen LogP contribution in [0.4, 0.5) is 11.4 Å². The van der Waals surface area contributed by atoms with Gasteiger partial charge in [-0.05, 0) is 44.0 Å². The Morgan fingerprint density at radius 2 is 2.42 bits per heavy atom. The molecule has 0 aromatic heterocycles. The van der Waals surface area contributed by atoms with Crippen molar-refractivity contribution in [2.75, 3.05) is 25.0 Å².